The van der Waals surface area contributed by atoms with Gasteiger partial charge in [0, 0.05) is 13.6 Å². The summed E-state index contributed by atoms with van der Waals surface area (Å²) in [6.07, 6.45) is -4.61. The Morgan fingerprint density at radius 3 is 2.34 bits per heavy atom. The first kappa shape index (κ1) is 23.8. The number of sulfonamides is 1. The summed E-state index contributed by atoms with van der Waals surface area (Å²) in [5.41, 5.74) is -0.525. The number of hydrogen-bond donors (Lipinski definition) is 0. The lowest BCUT2D eigenvalue weighted by Gasteiger charge is -2.18. The molecule has 0 aliphatic carbocycles. The SMILES string of the molecule is CN(Cc1ccccc1)S(=O)(=O)c1ccc(Cl)c(C(=O)Oc2cccc(C(F)(F)F)c2)c1. The monoisotopic (exact) mass is 483 g/mol. The van der Waals surface area contributed by atoms with Gasteiger partial charge >= 0.3 is 12.1 Å². The Kier molecular flexibility index (Phi) is 6.92. The Balaban J connectivity index is 1.86. The van der Waals surface area contributed by atoms with E-state index in [-0.39, 0.29) is 27.8 Å². The van der Waals surface area contributed by atoms with E-state index >= 15 is 0 Å². The number of ether oxygens (including phenoxy) is 1. The van der Waals surface area contributed by atoms with Crippen LogP contribution in [-0.4, -0.2) is 25.7 Å². The molecule has 0 aromatic heterocycles. The van der Waals surface area contributed by atoms with Crippen molar-refractivity contribution in [3.05, 3.63) is 94.5 Å². The number of carbonyl (C=O) groups is 1. The standard InChI is InChI=1S/C22H17ClF3NO4S/c1-27(14-15-6-3-2-4-7-15)32(29,30)18-10-11-20(23)19(13-18)21(28)31-17-9-5-8-16(12-17)22(24,25)26/h2-13H,14H2,1H3. The topological polar surface area (TPSA) is 63.7 Å². The fourth-order valence-corrected chi connectivity index (χ4v) is 4.21. The molecule has 0 N–H and O–H groups in total. The normalized spacial score (nSPS) is 12.1. The summed E-state index contributed by atoms with van der Waals surface area (Å²) in [4.78, 5) is 12.3. The third-order valence-corrected chi connectivity index (χ3v) is 6.61. The van der Waals surface area contributed by atoms with E-state index < -0.39 is 27.7 Å². The second kappa shape index (κ2) is 9.32. The van der Waals surface area contributed by atoms with Gasteiger partial charge in [0.05, 0.1) is 21.0 Å². The molecule has 10 heteroatoms. The molecule has 0 aliphatic rings. The first-order valence-corrected chi connectivity index (χ1v) is 11.0. The van der Waals surface area contributed by atoms with Gasteiger partial charge in [-0.2, -0.15) is 17.5 Å². The zero-order chi connectivity index (χ0) is 23.5. The van der Waals surface area contributed by atoms with Crippen LogP contribution in [0.25, 0.3) is 0 Å². The molecule has 32 heavy (non-hydrogen) atoms. The molecule has 0 atom stereocenters. The van der Waals surface area contributed by atoms with Crippen molar-refractivity contribution in [1.29, 1.82) is 0 Å². The second-order valence-electron chi connectivity index (χ2n) is 6.80. The minimum atomic E-state index is -4.61. The minimum Gasteiger partial charge on any atom is -0.423 e. The van der Waals surface area contributed by atoms with Crippen LogP contribution in [0.1, 0.15) is 21.5 Å². The molecule has 3 aromatic carbocycles. The van der Waals surface area contributed by atoms with Crippen LogP contribution in [0.4, 0.5) is 13.2 Å². The number of carbonyl (C=O) groups excluding carboxylic acids is 1. The highest BCUT2D eigenvalue weighted by Gasteiger charge is 2.31. The van der Waals surface area contributed by atoms with Crippen LogP contribution in [0.3, 0.4) is 0 Å². The highest BCUT2D eigenvalue weighted by atomic mass is 35.5. The van der Waals surface area contributed by atoms with E-state index in [0.29, 0.717) is 6.07 Å². The molecule has 0 unspecified atom stereocenters. The zero-order valence-electron chi connectivity index (χ0n) is 16.6. The summed E-state index contributed by atoms with van der Waals surface area (Å²) >= 11 is 6.03. The fraction of sp³-hybridized carbons (Fsp3) is 0.136. The van der Waals surface area contributed by atoms with E-state index in [2.05, 4.69) is 0 Å². The predicted octanol–water partition coefficient (Wildman–Crippen LogP) is 5.40. The highest BCUT2D eigenvalue weighted by Crippen LogP contribution is 2.32. The van der Waals surface area contributed by atoms with Crippen LogP contribution in [0, 0.1) is 0 Å². The molecule has 5 nitrogen and oxygen atoms in total. The van der Waals surface area contributed by atoms with E-state index in [9.17, 15) is 26.4 Å². The molecular weight excluding hydrogens is 467 g/mol. The quantitative estimate of drug-likeness (QED) is 0.348. The third kappa shape index (κ3) is 5.48. The number of hydrogen-bond acceptors (Lipinski definition) is 4. The van der Waals surface area contributed by atoms with Crippen molar-refractivity contribution in [3.8, 4) is 5.75 Å². The van der Waals surface area contributed by atoms with Crippen molar-refractivity contribution in [2.45, 2.75) is 17.6 Å². The molecule has 0 heterocycles. The first-order valence-electron chi connectivity index (χ1n) is 9.18. The summed E-state index contributed by atoms with van der Waals surface area (Å²) in [5, 5.41) is -0.105. The molecule has 3 aromatic rings. The Labute approximate surface area is 188 Å². The Morgan fingerprint density at radius 2 is 1.69 bits per heavy atom. The maximum atomic E-state index is 12.9. The second-order valence-corrected chi connectivity index (χ2v) is 9.26. The van der Waals surface area contributed by atoms with Crippen molar-refractivity contribution in [2.24, 2.45) is 0 Å². The third-order valence-electron chi connectivity index (χ3n) is 4.49. The zero-order valence-corrected chi connectivity index (χ0v) is 18.2. The van der Waals surface area contributed by atoms with Crippen molar-refractivity contribution in [1.82, 2.24) is 4.31 Å². The molecule has 0 saturated carbocycles. The van der Waals surface area contributed by atoms with Gasteiger partial charge in [-0.05, 0) is 42.0 Å². The summed E-state index contributed by atoms with van der Waals surface area (Å²) in [7, 11) is -2.60. The lowest BCUT2D eigenvalue weighted by molar-refractivity contribution is -0.137. The van der Waals surface area contributed by atoms with Gasteiger partial charge in [-0.15, -0.1) is 0 Å². The van der Waals surface area contributed by atoms with Gasteiger partial charge in [-0.3, -0.25) is 0 Å². The average Bonchev–Trinajstić information content (AvgIpc) is 2.74. The van der Waals surface area contributed by atoms with Gasteiger partial charge in [0.25, 0.3) is 0 Å². The number of benzene rings is 3. The van der Waals surface area contributed by atoms with E-state index in [1.54, 1.807) is 30.3 Å². The van der Waals surface area contributed by atoms with E-state index in [4.69, 9.17) is 16.3 Å². The maximum Gasteiger partial charge on any atom is 0.416 e. The number of rotatable bonds is 6. The van der Waals surface area contributed by atoms with E-state index in [1.807, 2.05) is 0 Å². The summed E-state index contributed by atoms with van der Waals surface area (Å²) in [5.74, 6) is -1.44. The minimum absolute atomic E-state index is 0.0931. The molecule has 0 saturated heterocycles. The largest absolute Gasteiger partial charge is 0.423 e. The number of alkyl halides is 3. The number of nitrogens with zero attached hydrogens (tertiary/aromatic N) is 1. The highest BCUT2D eigenvalue weighted by molar-refractivity contribution is 7.89. The van der Waals surface area contributed by atoms with Crippen LogP contribution in [0.2, 0.25) is 5.02 Å². The molecule has 0 fully saturated rings. The van der Waals surface area contributed by atoms with Gasteiger partial charge < -0.3 is 4.74 Å². The molecule has 168 valence electrons. The van der Waals surface area contributed by atoms with Crippen molar-refractivity contribution >= 4 is 27.6 Å². The molecule has 0 bridgehead atoms. The van der Waals surface area contributed by atoms with Crippen LogP contribution < -0.4 is 4.74 Å². The van der Waals surface area contributed by atoms with Crippen molar-refractivity contribution in [3.63, 3.8) is 0 Å². The van der Waals surface area contributed by atoms with Crippen LogP contribution in [-0.2, 0) is 22.7 Å². The Morgan fingerprint density at radius 1 is 1.00 bits per heavy atom. The molecule has 0 amide bonds. The predicted molar refractivity (Wildman–Crippen MR) is 113 cm³/mol. The fourth-order valence-electron chi connectivity index (χ4n) is 2.82. The molecule has 0 spiro atoms. The van der Waals surface area contributed by atoms with E-state index in [0.717, 1.165) is 28.1 Å². The smallest absolute Gasteiger partial charge is 0.416 e. The van der Waals surface area contributed by atoms with Crippen LogP contribution >= 0.6 is 11.6 Å². The van der Waals surface area contributed by atoms with Crippen molar-refractivity contribution in [2.75, 3.05) is 7.05 Å². The van der Waals surface area contributed by atoms with Gasteiger partial charge in [-0.1, -0.05) is 48.0 Å². The first-order chi connectivity index (χ1) is 15.0. The Bertz CT molecular complexity index is 1230. The summed E-state index contributed by atoms with van der Waals surface area (Å²) < 4.78 is 70.6. The lowest BCUT2D eigenvalue weighted by Crippen LogP contribution is -2.26. The van der Waals surface area contributed by atoms with Crippen molar-refractivity contribution < 1.29 is 31.1 Å². The summed E-state index contributed by atoms with van der Waals surface area (Å²) in [6.45, 7) is 0.0931. The molecular formula is C22H17ClF3NO4S. The van der Waals surface area contributed by atoms with Gasteiger partial charge in [0.2, 0.25) is 10.0 Å². The summed E-state index contributed by atoms with van der Waals surface area (Å²) in [6, 6.07) is 16.2. The van der Waals surface area contributed by atoms with Gasteiger partial charge in [0.15, 0.2) is 0 Å². The number of esters is 1. The average molecular weight is 484 g/mol. The van der Waals surface area contributed by atoms with Crippen LogP contribution in [0.5, 0.6) is 5.75 Å². The lowest BCUT2D eigenvalue weighted by atomic mass is 10.2. The Hall–Kier alpha value is -2.88. The van der Waals surface area contributed by atoms with Gasteiger partial charge in [0.1, 0.15) is 5.75 Å². The van der Waals surface area contributed by atoms with E-state index in [1.165, 1.54) is 25.2 Å². The molecule has 0 aliphatic heterocycles. The maximum absolute atomic E-state index is 12.9. The van der Waals surface area contributed by atoms with Gasteiger partial charge in [-0.25, -0.2) is 13.2 Å². The van der Waals surface area contributed by atoms with Crippen LogP contribution in [0.15, 0.2) is 77.7 Å². The molecule has 3 rings (SSSR count). The molecule has 0 radical (unpaired) electrons. The number of halogens is 4.